The highest BCUT2D eigenvalue weighted by Crippen LogP contribution is 2.36. The third kappa shape index (κ3) is 3.22. The average Bonchev–Trinajstić information content (AvgIpc) is 3.06. The maximum Gasteiger partial charge on any atom is 0.338 e. The Labute approximate surface area is 135 Å². The van der Waals surface area contributed by atoms with Gasteiger partial charge >= 0.3 is 5.97 Å². The zero-order valence-electron chi connectivity index (χ0n) is 12.9. The van der Waals surface area contributed by atoms with Gasteiger partial charge in [-0.1, -0.05) is 12.1 Å². The molecule has 1 aromatic heterocycles. The van der Waals surface area contributed by atoms with Crippen molar-refractivity contribution in [1.29, 1.82) is 0 Å². The molecule has 4 heteroatoms. The summed E-state index contributed by atoms with van der Waals surface area (Å²) in [6.07, 6.45) is 7.50. The molecule has 1 unspecified atom stereocenters. The molecule has 116 valence electrons. The van der Waals surface area contributed by atoms with Crippen molar-refractivity contribution in [3.63, 3.8) is 0 Å². The molecule has 1 aromatic carbocycles. The smallest absolute Gasteiger partial charge is 0.338 e. The predicted molar refractivity (Wildman–Crippen MR) is 88.5 cm³/mol. The van der Waals surface area contributed by atoms with Crippen LogP contribution in [0.5, 0.6) is 0 Å². The lowest BCUT2D eigenvalue weighted by molar-refractivity contribution is 0.0524. The highest BCUT2D eigenvalue weighted by molar-refractivity contribution is 7.09. The van der Waals surface area contributed by atoms with Crippen LogP contribution in [0.25, 0.3) is 0 Å². The third-order valence-electron chi connectivity index (χ3n) is 4.35. The standard InChI is InChI=1S/C18H21NO2S/c1-2-21-18(20)17-8-4-6-15-13(5-3-7-16(15)17)9-10-14-11-19-12-22-14/h4,6,8,11-13H,2-3,5,7,9-10H2,1H3. The Balaban J connectivity index is 1.80. The van der Waals surface area contributed by atoms with Crippen molar-refractivity contribution in [2.24, 2.45) is 0 Å². The summed E-state index contributed by atoms with van der Waals surface area (Å²) < 4.78 is 5.20. The van der Waals surface area contributed by atoms with Crippen LogP contribution in [0, 0.1) is 0 Å². The van der Waals surface area contributed by atoms with Crippen molar-refractivity contribution in [2.75, 3.05) is 6.61 Å². The molecule has 1 aliphatic rings. The van der Waals surface area contributed by atoms with Crippen molar-refractivity contribution in [3.8, 4) is 0 Å². The van der Waals surface area contributed by atoms with Gasteiger partial charge in [0.05, 0.1) is 17.7 Å². The number of aromatic nitrogens is 1. The van der Waals surface area contributed by atoms with Gasteiger partial charge in [0.1, 0.15) is 0 Å². The van der Waals surface area contributed by atoms with Gasteiger partial charge in [-0.25, -0.2) is 4.79 Å². The number of benzene rings is 1. The number of hydrogen-bond donors (Lipinski definition) is 0. The van der Waals surface area contributed by atoms with E-state index in [2.05, 4.69) is 11.1 Å². The first-order valence-corrected chi connectivity index (χ1v) is 8.83. The Kier molecular flexibility index (Phi) is 4.88. The summed E-state index contributed by atoms with van der Waals surface area (Å²) in [6.45, 7) is 2.28. The van der Waals surface area contributed by atoms with Crippen LogP contribution in [0.1, 0.15) is 58.5 Å². The lowest BCUT2D eigenvalue weighted by Gasteiger charge is -2.27. The number of carbonyl (C=O) groups is 1. The molecule has 3 nitrogen and oxygen atoms in total. The summed E-state index contributed by atoms with van der Waals surface area (Å²) in [7, 11) is 0. The lowest BCUT2D eigenvalue weighted by atomic mass is 9.78. The van der Waals surface area contributed by atoms with Crippen molar-refractivity contribution in [2.45, 2.75) is 44.9 Å². The van der Waals surface area contributed by atoms with E-state index in [1.54, 1.807) is 11.3 Å². The van der Waals surface area contributed by atoms with Gasteiger partial charge in [-0.3, -0.25) is 4.98 Å². The van der Waals surface area contributed by atoms with Crippen LogP contribution in [0.4, 0.5) is 0 Å². The first-order chi connectivity index (χ1) is 10.8. The molecule has 0 N–H and O–H groups in total. The SMILES string of the molecule is CCOC(=O)c1cccc2c1CCCC2CCc1cncs1. The number of esters is 1. The second-order valence-electron chi connectivity index (χ2n) is 5.69. The maximum absolute atomic E-state index is 12.1. The Morgan fingerprint density at radius 2 is 2.36 bits per heavy atom. The summed E-state index contributed by atoms with van der Waals surface area (Å²) in [5.74, 6) is 0.364. The van der Waals surface area contributed by atoms with E-state index in [-0.39, 0.29) is 5.97 Å². The fourth-order valence-electron chi connectivity index (χ4n) is 3.33. The van der Waals surface area contributed by atoms with E-state index in [9.17, 15) is 4.79 Å². The van der Waals surface area contributed by atoms with Crippen LogP contribution in [-0.4, -0.2) is 17.6 Å². The lowest BCUT2D eigenvalue weighted by Crippen LogP contribution is -2.16. The Morgan fingerprint density at radius 3 is 3.14 bits per heavy atom. The van der Waals surface area contributed by atoms with Crippen LogP contribution in [-0.2, 0) is 17.6 Å². The molecular weight excluding hydrogens is 294 g/mol. The van der Waals surface area contributed by atoms with Crippen LogP contribution >= 0.6 is 11.3 Å². The molecule has 0 fully saturated rings. The molecule has 1 atom stereocenters. The number of hydrogen-bond acceptors (Lipinski definition) is 4. The zero-order chi connectivity index (χ0) is 15.4. The molecule has 1 heterocycles. The van der Waals surface area contributed by atoms with E-state index < -0.39 is 0 Å². The first kappa shape index (κ1) is 15.2. The molecule has 0 saturated carbocycles. The summed E-state index contributed by atoms with van der Waals surface area (Å²) in [5.41, 5.74) is 5.22. The van der Waals surface area contributed by atoms with Crippen LogP contribution < -0.4 is 0 Å². The molecule has 0 radical (unpaired) electrons. The monoisotopic (exact) mass is 315 g/mol. The van der Waals surface area contributed by atoms with Gasteiger partial charge in [0, 0.05) is 11.1 Å². The van der Waals surface area contributed by atoms with Gasteiger partial charge in [0.25, 0.3) is 0 Å². The van der Waals surface area contributed by atoms with Gasteiger partial charge in [-0.2, -0.15) is 0 Å². The number of thiazole rings is 1. The van der Waals surface area contributed by atoms with E-state index in [1.165, 1.54) is 22.4 Å². The second-order valence-corrected chi connectivity index (χ2v) is 6.66. The highest BCUT2D eigenvalue weighted by atomic mass is 32.1. The summed E-state index contributed by atoms with van der Waals surface area (Å²) in [5, 5.41) is 0. The highest BCUT2D eigenvalue weighted by Gasteiger charge is 2.24. The van der Waals surface area contributed by atoms with E-state index >= 15 is 0 Å². The topological polar surface area (TPSA) is 39.2 Å². The van der Waals surface area contributed by atoms with E-state index in [1.807, 2.05) is 30.8 Å². The van der Waals surface area contributed by atoms with Gasteiger partial charge < -0.3 is 4.74 Å². The maximum atomic E-state index is 12.1. The van der Waals surface area contributed by atoms with Crippen molar-refractivity contribution in [3.05, 3.63) is 51.5 Å². The molecule has 0 bridgehead atoms. The van der Waals surface area contributed by atoms with Crippen LogP contribution in [0.15, 0.2) is 29.9 Å². The van der Waals surface area contributed by atoms with Crippen molar-refractivity contribution < 1.29 is 9.53 Å². The number of carbonyl (C=O) groups excluding carboxylic acids is 1. The largest absolute Gasteiger partial charge is 0.462 e. The zero-order valence-corrected chi connectivity index (χ0v) is 13.7. The quantitative estimate of drug-likeness (QED) is 0.769. The predicted octanol–water partition coefficient (Wildman–Crippen LogP) is 4.37. The molecule has 0 aliphatic heterocycles. The summed E-state index contributed by atoms with van der Waals surface area (Å²) >= 11 is 1.72. The number of fused-ring (bicyclic) bond motifs is 1. The van der Waals surface area contributed by atoms with E-state index in [0.717, 1.165) is 31.2 Å². The van der Waals surface area contributed by atoms with Gasteiger partial charge in [-0.05, 0) is 62.1 Å². The molecule has 3 rings (SSSR count). The number of ether oxygens (including phenoxy) is 1. The molecule has 0 spiro atoms. The fourth-order valence-corrected chi connectivity index (χ4v) is 3.94. The number of nitrogens with zero attached hydrogens (tertiary/aromatic N) is 1. The van der Waals surface area contributed by atoms with Crippen molar-refractivity contribution >= 4 is 17.3 Å². The molecular formula is C18H21NO2S. The summed E-state index contributed by atoms with van der Waals surface area (Å²) in [6, 6.07) is 6.09. The fraction of sp³-hybridized carbons (Fsp3) is 0.444. The Bertz CT molecular complexity index is 637. The molecule has 2 aromatic rings. The molecule has 0 saturated heterocycles. The second kappa shape index (κ2) is 7.05. The van der Waals surface area contributed by atoms with Crippen LogP contribution in [0.2, 0.25) is 0 Å². The molecule has 0 amide bonds. The Morgan fingerprint density at radius 1 is 1.45 bits per heavy atom. The molecule has 1 aliphatic carbocycles. The average molecular weight is 315 g/mol. The first-order valence-electron chi connectivity index (χ1n) is 7.96. The minimum absolute atomic E-state index is 0.178. The van der Waals surface area contributed by atoms with E-state index in [4.69, 9.17) is 4.74 Å². The molecule has 22 heavy (non-hydrogen) atoms. The van der Waals surface area contributed by atoms with Gasteiger partial charge in [0.2, 0.25) is 0 Å². The summed E-state index contributed by atoms with van der Waals surface area (Å²) in [4.78, 5) is 17.6. The number of rotatable bonds is 5. The normalized spacial score (nSPS) is 17.0. The van der Waals surface area contributed by atoms with Crippen LogP contribution in [0.3, 0.4) is 0 Å². The van der Waals surface area contributed by atoms with Crippen molar-refractivity contribution in [1.82, 2.24) is 4.98 Å². The third-order valence-corrected chi connectivity index (χ3v) is 5.19. The van der Waals surface area contributed by atoms with E-state index in [0.29, 0.717) is 12.5 Å². The Hall–Kier alpha value is -1.68. The minimum Gasteiger partial charge on any atom is -0.462 e. The minimum atomic E-state index is -0.178. The number of aryl methyl sites for hydroxylation is 1. The van der Waals surface area contributed by atoms with Gasteiger partial charge in [-0.15, -0.1) is 11.3 Å². The van der Waals surface area contributed by atoms with Gasteiger partial charge in [0.15, 0.2) is 0 Å².